The Hall–Kier alpha value is -3.04. The van der Waals surface area contributed by atoms with Crippen molar-refractivity contribution < 1.29 is 24.3 Å². The Labute approximate surface area is 193 Å². The molecule has 0 bridgehead atoms. The van der Waals surface area contributed by atoms with E-state index in [0.717, 1.165) is 17.6 Å². The molecular formula is C17H17N7O5S3. The van der Waals surface area contributed by atoms with Crippen LogP contribution in [0, 0.1) is 0 Å². The van der Waals surface area contributed by atoms with Gasteiger partial charge >= 0.3 is 5.97 Å². The molecule has 1 fully saturated rings. The molecule has 2 atom stereocenters. The maximum atomic E-state index is 12.7. The molecule has 4 rings (SSSR count). The summed E-state index contributed by atoms with van der Waals surface area (Å²) in [6.45, 7) is 0. The van der Waals surface area contributed by atoms with Gasteiger partial charge in [0.05, 0.1) is 17.5 Å². The van der Waals surface area contributed by atoms with E-state index in [-0.39, 0.29) is 34.5 Å². The zero-order chi connectivity index (χ0) is 22.9. The third kappa shape index (κ3) is 3.93. The number of aromatic nitrogens is 3. The number of anilines is 1. The molecule has 1 saturated heterocycles. The lowest BCUT2D eigenvalue weighted by Gasteiger charge is -2.51. The molecule has 2 aliphatic rings. The minimum Gasteiger partial charge on any atom is -0.477 e. The van der Waals surface area contributed by atoms with Gasteiger partial charge in [-0.2, -0.15) is 0 Å². The second-order valence-corrected chi connectivity index (χ2v) is 9.76. The van der Waals surface area contributed by atoms with Crippen LogP contribution in [0.5, 0.6) is 0 Å². The molecule has 4 heterocycles. The van der Waals surface area contributed by atoms with Gasteiger partial charge in [-0.3, -0.25) is 14.5 Å². The number of carboxylic acids is 1. The molecule has 0 radical (unpaired) electrons. The summed E-state index contributed by atoms with van der Waals surface area (Å²) in [7, 11) is 1.29. The SMILES string of the molecule is CON=CC(=O)NC1(c2csc(N)n2)S[C@H]2CC(=O)N2C(C(=O)O)=C1CSc1ncc[nH]1. The number of nitrogens with one attached hydrogen (secondary N) is 2. The number of hydrogen-bond acceptors (Lipinski definition) is 11. The average Bonchev–Trinajstić information content (AvgIpc) is 3.42. The summed E-state index contributed by atoms with van der Waals surface area (Å²) < 4.78 is 0. The van der Waals surface area contributed by atoms with Gasteiger partial charge in [0.25, 0.3) is 5.91 Å². The molecular weight excluding hydrogens is 478 g/mol. The van der Waals surface area contributed by atoms with Gasteiger partial charge in [-0.15, -0.1) is 11.3 Å². The van der Waals surface area contributed by atoms with Crippen LogP contribution in [-0.4, -0.2) is 67.2 Å². The number of aliphatic carboxylic acids is 1. The first-order valence-electron chi connectivity index (χ1n) is 9.05. The van der Waals surface area contributed by atoms with E-state index in [1.165, 1.54) is 35.5 Å². The van der Waals surface area contributed by atoms with Gasteiger partial charge in [-0.1, -0.05) is 28.7 Å². The lowest BCUT2D eigenvalue weighted by Crippen LogP contribution is -2.61. The molecule has 0 spiro atoms. The minimum absolute atomic E-state index is 0.0950. The Morgan fingerprint density at radius 3 is 3.00 bits per heavy atom. The van der Waals surface area contributed by atoms with Crippen molar-refractivity contribution in [1.29, 1.82) is 0 Å². The van der Waals surface area contributed by atoms with Gasteiger partial charge in [-0.25, -0.2) is 14.8 Å². The van der Waals surface area contributed by atoms with Crippen molar-refractivity contribution in [3.05, 3.63) is 34.7 Å². The Bertz CT molecular complexity index is 1120. The number of hydrogen-bond donors (Lipinski definition) is 4. The topological polar surface area (TPSA) is 176 Å². The quantitative estimate of drug-likeness (QED) is 0.177. The van der Waals surface area contributed by atoms with Gasteiger partial charge in [0, 0.05) is 29.1 Å². The van der Waals surface area contributed by atoms with Crippen LogP contribution in [0.1, 0.15) is 12.1 Å². The van der Waals surface area contributed by atoms with Gasteiger partial charge in [-0.05, 0) is 0 Å². The van der Waals surface area contributed by atoms with Crippen LogP contribution < -0.4 is 11.1 Å². The van der Waals surface area contributed by atoms with Gasteiger partial charge in [0.1, 0.15) is 19.0 Å². The minimum atomic E-state index is -1.40. The number of nitrogen functional groups attached to an aromatic ring is 1. The highest BCUT2D eigenvalue weighted by Crippen LogP contribution is 2.54. The van der Waals surface area contributed by atoms with Crippen LogP contribution >= 0.6 is 34.9 Å². The number of aromatic amines is 1. The molecule has 2 aromatic rings. The Balaban J connectivity index is 1.88. The molecule has 0 aliphatic carbocycles. The van der Waals surface area contributed by atoms with Crippen LogP contribution in [-0.2, 0) is 24.1 Å². The molecule has 2 aromatic heterocycles. The number of carbonyl (C=O) groups excluding carboxylic acids is 2. The maximum Gasteiger partial charge on any atom is 0.352 e. The number of carbonyl (C=O) groups is 3. The van der Waals surface area contributed by atoms with Crippen molar-refractivity contribution >= 4 is 64.0 Å². The number of oxime groups is 1. The third-order valence-electron chi connectivity index (χ3n) is 4.66. The van der Waals surface area contributed by atoms with Gasteiger partial charge in [0.15, 0.2) is 15.2 Å². The highest BCUT2D eigenvalue weighted by molar-refractivity contribution is 8.01. The summed E-state index contributed by atoms with van der Waals surface area (Å²) in [6.07, 6.45) is 4.27. The van der Waals surface area contributed by atoms with Crippen LogP contribution in [0.25, 0.3) is 0 Å². The molecule has 12 nitrogen and oxygen atoms in total. The number of nitrogens with zero attached hydrogens (tertiary/aromatic N) is 4. The van der Waals surface area contributed by atoms with Crippen molar-refractivity contribution in [3.8, 4) is 0 Å². The number of fused-ring (bicyclic) bond motifs is 1. The van der Waals surface area contributed by atoms with Crippen molar-refractivity contribution in [3.63, 3.8) is 0 Å². The number of nitrogens with two attached hydrogens (primary N) is 1. The van der Waals surface area contributed by atoms with Gasteiger partial charge < -0.3 is 26.0 Å². The summed E-state index contributed by atoms with van der Waals surface area (Å²) >= 11 is 3.61. The molecule has 168 valence electrons. The second-order valence-electron chi connectivity index (χ2n) is 6.51. The summed E-state index contributed by atoms with van der Waals surface area (Å²) in [5, 5.41) is 18.4. The molecule has 32 heavy (non-hydrogen) atoms. The monoisotopic (exact) mass is 495 g/mol. The van der Waals surface area contributed by atoms with Crippen molar-refractivity contribution in [2.75, 3.05) is 18.6 Å². The van der Waals surface area contributed by atoms with E-state index in [1.807, 2.05) is 0 Å². The molecule has 0 aromatic carbocycles. The Morgan fingerprint density at radius 2 is 2.41 bits per heavy atom. The smallest absolute Gasteiger partial charge is 0.352 e. The normalized spacial score (nSPS) is 22.6. The molecule has 2 amide bonds. The highest BCUT2D eigenvalue weighted by Gasteiger charge is 2.56. The highest BCUT2D eigenvalue weighted by atomic mass is 32.2. The number of amides is 2. The number of carboxylic acid groups (broad SMARTS) is 1. The van der Waals surface area contributed by atoms with Crippen LogP contribution in [0.3, 0.4) is 0 Å². The number of thiazole rings is 1. The summed E-state index contributed by atoms with van der Waals surface area (Å²) in [4.78, 5) is 53.2. The predicted octanol–water partition coefficient (Wildman–Crippen LogP) is 0.786. The van der Waals surface area contributed by atoms with E-state index in [4.69, 9.17) is 5.73 Å². The van der Waals surface area contributed by atoms with E-state index >= 15 is 0 Å². The first-order chi connectivity index (χ1) is 15.4. The summed E-state index contributed by atoms with van der Waals surface area (Å²) in [5.74, 6) is -2.13. The summed E-state index contributed by atoms with van der Waals surface area (Å²) in [5.41, 5.74) is 6.30. The number of imidazole rings is 1. The molecule has 0 saturated carbocycles. The van der Waals surface area contributed by atoms with E-state index in [0.29, 0.717) is 10.9 Å². The maximum absolute atomic E-state index is 12.7. The Kier molecular flexibility index (Phi) is 6.12. The second kappa shape index (κ2) is 8.84. The number of rotatable bonds is 8. The number of H-pyrrole nitrogens is 1. The predicted molar refractivity (Wildman–Crippen MR) is 119 cm³/mol. The van der Waals surface area contributed by atoms with E-state index < -0.39 is 22.1 Å². The fourth-order valence-electron chi connectivity index (χ4n) is 3.35. The number of thioether (sulfide) groups is 2. The zero-order valence-corrected chi connectivity index (χ0v) is 18.9. The van der Waals surface area contributed by atoms with E-state index in [9.17, 15) is 19.5 Å². The molecule has 2 aliphatic heterocycles. The van der Waals surface area contributed by atoms with Crippen LogP contribution in [0.15, 0.2) is 39.4 Å². The van der Waals surface area contributed by atoms with E-state index in [2.05, 4.69) is 30.3 Å². The standard InChI is InChI=1S/C17H17N7O5S3/c1-29-21-5-10(25)23-17(9-7-30-15(18)22-9)8(6-31-16-19-2-3-20-16)13(14(27)28)24-11(26)4-12(24)32-17/h2-3,5,7,12H,4,6H2,1H3,(H2,18,22)(H,19,20)(H,23,25)(H,27,28)/t12-,17?/m0/s1. The fourth-order valence-corrected chi connectivity index (χ4v) is 6.71. The summed E-state index contributed by atoms with van der Waals surface area (Å²) in [6, 6.07) is 0. The largest absolute Gasteiger partial charge is 0.477 e. The average molecular weight is 496 g/mol. The Morgan fingerprint density at radius 1 is 1.59 bits per heavy atom. The lowest BCUT2D eigenvalue weighted by atomic mass is 9.98. The first-order valence-corrected chi connectivity index (χ1v) is 11.8. The number of β-lactam (4-membered cyclic amide) rings is 1. The van der Waals surface area contributed by atoms with Crippen molar-refractivity contribution in [2.24, 2.45) is 5.16 Å². The molecule has 1 unspecified atom stereocenters. The molecule has 5 N–H and O–H groups in total. The first kappa shape index (κ1) is 22.2. The zero-order valence-electron chi connectivity index (χ0n) is 16.5. The van der Waals surface area contributed by atoms with Gasteiger partial charge in [0.2, 0.25) is 5.91 Å². The fraction of sp³-hybridized carbons (Fsp3) is 0.294. The van der Waals surface area contributed by atoms with Crippen molar-refractivity contribution in [1.82, 2.24) is 25.2 Å². The van der Waals surface area contributed by atoms with E-state index in [1.54, 1.807) is 17.8 Å². The van der Waals surface area contributed by atoms with Crippen LogP contribution in [0.2, 0.25) is 0 Å². The third-order valence-corrected chi connectivity index (χ3v) is 7.82. The molecule has 15 heteroatoms. The van der Waals surface area contributed by atoms with Crippen LogP contribution in [0.4, 0.5) is 5.13 Å². The van der Waals surface area contributed by atoms with Crippen molar-refractivity contribution in [2.45, 2.75) is 21.8 Å². The lowest BCUT2D eigenvalue weighted by molar-refractivity contribution is -0.146.